The van der Waals surface area contributed by atoms with E-state index in [0.29, 0.717) is 13.0 Å². The third-order valence-corrected chi connectivity index (χ3v) is 4.31. The summed E-state index contributed by atoms with van der Waals surface area (Å²) in [5.41, 5.74) is -1.95. The maximum absolute atomic E-state index is 11.4. The lowest BCUT2D eigenvalue weighted by molar-refractivity contribution is -0.155. The number of carboxylic acids is 3. The zero-order chi connectivity index (χ0) is 19.1. The number of hydrogen-bond acceptors (Lipinski definition) is 4. The van der Waals surface area contributed by atoms with Crippen LogP contribution in [0.15, 0.2) is 0 Å². The fraction of sp³-hybridized carbons (Fsp3) is 0.833. The van der Waals surface area contributed by atoms with Gasteiger partial charge < -0.3 is 20.6 Å². The Kier molecular flexibility index (Phi) is 12.7. The molecule has 0 aliphatic heterocycles. The predicted molar refractivity (Wildman–Crippen MR) is 94.7 cm³/mol. The van der Waals surface area contributed by atoms with E-state index in [4.69, 9.17) is 10.2 Å². The Morgan fingerprint density at radius 3 is 1.48 bits per heavy atom. The summed E-state index contributed by atoms with van der Waals surface area (Å²) in [5.74, 6) is -4.11. The molecular formula is C18H33NO6. The Labute approximate surface area is 149 Å². The largest absolute Gasteiger partial charge is 0.481 e. The van der Waals surface area contributed by atoms with Crippen LogP contribution in [0.4, 0.5) is 0 Å². The Bertz CT molecular complexity index is 394. The van der Waals surface area contributed by atoms with E-state index in [1.165, 1.54) is 38.5 Å². The van der Waals surface area contributed by atoms with Gasteiger partial charge in [0.25, 0.3) is 0 Å². The lowest BCUT2D eigenvalue weighted by Gasteiger charge is -2.27. The summed E-state index contributed by atoms with van der Waals surface area (Å²) < 4.78 is 0. The maximum Gasteiger partial charge on any atom is 0.325 e. The summed E-state index contributed by atoms with van der Waals surface area (Å²) in [4.78, 5) is 33.2. The molecule has 0 aromatic carbocycles. The molecule has 25 heavy (non-hydrogen) atoms. The van der Waals surface area contributed by atoms with E-state index < -0.39 is 36.3 Å². The Balaban J connectivity index is 4.04. The smallest absolute Gasteiger partial charge is 0.325 e. The lowest BCUT2D eigenvalue weighted by Crippen LogP contribution is -2.55. The molecule has 0 heterocycles. The van der Waals surface area contributed by atoms with Crippen molar-refractivity contribution in [1.29, 1.82) is 0 Å². The van der Waals surface area contributed by atoms with Gasteiger partial charge in [-0.2, -0.15) is 0 Å². The van der Waals surface area contributed by atoms with Crippen LogP contribution < -0.4 is 5.32 Å². The molecule has 0 rings (SSSR count). The van der Waals surface area contributed by atoms with Gasteiger partial charge in [-0.05, 0) is 13.0 Å². The quantitative estimate of drug-likeness (QED) is 0.294. The molecule has 0 atom stereocenters. The lowest BCUT2D eigenvalue weighted by atomic mass is 9.91. The van der Waals surface area contributed by atoms with Crippen molar-refractivity contribution in [3.63, 3.8) is 0 Å². The fourth-order valence-corrected chi connectivity index (χ4v) is 2.87. The molecule has 146 valence electrons. The second kappa shape index (κ2) is 13.6. The molecule has 0 unspecified atom stereocenters. The molecule has 4 N–H and O–H groups in total. The van der Waals surface area contributed by atoms with E-state index in [0.717, 1.165) is 19.3 Å². The van der Waals surface area contributed by atoms with Crippen molar-refractivity contribution in [3.8, 4) is 0 Å². The van der Waals surface area contributed by atoms with Gasteiger partial charge in [-0.15, -0.1) is 0 Å². The van der Waals surface area contributed by atoms with Crippen molar-refractivity contribution in [3.05, 3.63) is 0 Å². The van der Waals surface area contributed by atoms with Crippen LogP contribution in [-0.2, 0) is 14.4 Å². The van der Waals surface area contributed by atoms with Crippen LogP contribution in [0.1, 0.15) is 84.0 Å². The van der Waals surface area contributed by atoms with E-state index in [9.17, 15) is 19.5 Å². The Morgan fingerprint density at radius 2 is 1.12 bits per heavy atom. The molecule has 0 fully saturated rings. The highest BCUT2D eigenvalue weighted by atomic mass is 16.4. The van der Waals surface area contributed by atoms with Crippen LogP contribution >= 0.6 is 0 Å². The standard InChI is InChI=1S/C18H33NO6/c1-2-3-4-5-6-7-8-9-10-11-12-19-18(17(24)25,13-15(20)21)14-16(22)23/h19H,2-14H2,1H3,(H,20,21)(H,22,23)(H,24,25). The minimum Gasteiger partial charge on any atom is -0.481 e. The molecule has 7 heteroatoms. The monoisotopic (exact) mass is 359 g/mol. The molecule has 0 aromatic heterocycles. The van der Waals surface area contributed by atoms with Gasteiger partial charge in [0.1, 0.15) is 5.54 Å². The molecule has 0 amide bonds. The molecule has 0 spiro atoms. The fourth-order valence-electron chi connectivity index (χ4n) is 2.87. The zero-order valence-corrected chi connectivity index (χ0v) is 15.3. The third kappa shape index (κ3) is 11.5. The number of rotatable bonds is 17. The summed E-state index contributed by atoms with van der Waals surface area (Å²) in [7, 11) is 0. The molecule has 0 aliphatic rings. The van der Waals surface area contributed by atoms with E-state index in [2.05, 4.69) is 12.2 Å². The Hall–Kier alpha value is -1.63. The zero-order valence-electron chi connectivity index (χ0n) is 15.3. The highest BCUT2D eigenvalue weighted by molar-refractivity contribution is 5.89. The van der Waals surface area contributed by atoms with Crippen molar-refractivity contribution < 1.29 is 29.7 Å². The summed E-state index contributed by atoms with van der Waals surface area (Å²) in [6.07, 6.45) is 9.85. The van der Waals surface area contributed by atoms with E-state index in [-0.39, 0.29) is 0 Å². The second-order valence-corrected chi connectivity index (χ2v) is 6.64. The Morgan fingerprint density at radius 1 is 0.720 bits per heavy atom. The summed E-state index contributed by atoms with van der Waals surface area (Å²) >= 11 is 0. The molecule has 7 nitrogen and oxygen atoms in total. The van der Waals surface area contributed by atoms with Crippen LogP contribution in [0.25, 0.3) is 0 Å². The first-order valence-electron chi connectivity index (χ1n) is 9.26. The number of aliphatic carboxylic acids is 3. The number of carboxylic acid groups (broad SMARTS) is 3. The first-order chi connectivity index (χ1) is 11.8. The van der Waals surface area contributed by atoms with Crippen molar-refractivity contribution in [1.82, 2.24) is 5.32 Å². The summed E-state index contributed by atoms with van der Waals surface area (Å²) in [5, 5.41) is 29.7. The first kappa shape index (κ1) is 23.4. The average molecular weight is 359 g/mol. The molecule has 0 bridgehead atoms. The molecule has 0 aromatic rings. The second-order valence-electron chi connectivity index (χ2n) is 6.64. The highest BCUT2D eigenvalue weighted by Crippen LogP contribution is 2.17. The number of unbranched alkanes of at least 4 members (excludes halogenated alkanes) is 9. The highest BCUT2D eigenvalue weighted by Gasteiger charge is 2.42. The summed E-state index contributed by atoms with van der Waals surface area (Å²) in [6, 6.07) is 0. The number of nitrogens with one attached hydrogen (secondary N) is 1. The predicted octanol–water partition coefficient (Wildman–Crippen LogP) is 3.27. The van der Waals surface area contributed by atoms with Crippen LogP contribution in [0.2, 0.25) is 0 Å². The normalized spacial score (nSPS) is 11.4. The van der Waals surface area contributed by atoms with E-state index in [1.807, 2.05) is 0 Å². The maximum atomic E-state index is 11.4. The van der Waals surface area contributed by atoms with Crippen LogP contribution in [-0.4, -0.2) is 45.3 Å². The van der Waals surface area contributed by atoms with Crippen molar-refractivity contribution in [2.45, 2.75) is 89.5 Å². The molecular weight excluding hydrogens is 326 g/mol. The van der Waals surface area contributed by atoms with Crippen LogP contribution in [0, 0.1) is 0 Å². The molecule has 0 aliphatic carbocycles. The third-order valence-electron chi connectivity index (χ3n) is 4.31. The molecule has 0 saturated heterocycles. The topological polar surface area (TPSA) is 124 Å². The van der Waals surface area contributed by atoms with Crippen LogP contribution in [0.5, 0.6) is 0 Å². The van der Waals surface area contributed by atoms with Crippen LogP contribution in [0.3, 0.4) is 0 Å². The average Bonchev–Trinajstić information content (AvgIpc) is 2.51. The molecule has 0 saturated carbocycles. The van der Waals surface area contributed by atoms with E-state index >= 15 is 0 Å². The van der Waals surface area contributed by atoms with Gasteiger partial charge in [-0.25, -0.2) is 0 Å². The van der Waals surface area contributed by atoms with Gasteiger partial charge in [0.2, 0.25) is 0 Å². The van der Waals surface area contributed by atoms with Gasteiger partial charge >= 0.3 is 17.9 Å². The SMILES string of the molecule is CCCCCCCCCCCCNC(CC(=O)O)(CC(=O)O)C(=O)O. The van der Waals surface area contributed by atoms with Gasteiger partial charge in [-0.3, -0.25) is 14.4 Å². The van der Waals surface area contributed by atoms with Gasteiger partial charge in [0.15, 0.2) is 0 Å². The van der Waals surface area contributed by atoms with Gasteiger partial charge in [-0.1, -0.05) is 64.7 Å². The minimum absolute atomic E-state index is 0.295. The first-order valence-corrected chi connectivity index (χ1v) is 9.26. The number of carbonyl (C=O) groups is 3. The van der Waals surface area contributed by atoms with Crippen molar-refractivity contribution in [2.75, 3.05) is 6.54 Å². The van der Waals surface area contributed by atoms with E-state index in [1.54, 1.807) is 0 Å². The van der Waals surface area contributed by atoms with Crippen molar-refractivity contribution >= 4 is 17.9 Å². The molecule has 0 radical (unpaired) electrons. The van der Waals surface area contributed by atoms with Crippen molar-refractivity contribution in [2.24, 2.45) is 0 Å². The van der Waals surface area contributed by atoms with Gasteiger partial charge in [0.05, 0.1) is 12.8 Å². The minimum atomic E-state index is -1.95. The number of hydrogen-bond donors (Lipinski definition) is 4. The van der Waals surface area contributed by atoms with Gasteiger partial charge in [0, 0.05) is 0 Å². The summed E-state index contributed by atoms with van der Waals surface area (Å²) in [6.45, 7) is 2.49.